The number of benzene rings is 3. The molecule has 0 amide bonds. The third-order valence-corrected chi connectivity index (χ3v) is 7.98. The zero-order valence-corrected chi connectivity index (χ0v) is 21.8. The van der Waals surface area contributed by atoms with E-state index in [1.165, 1.54) is 11.1 Å². The number of rotatable bonds is 6. The van der Waals surface area contributed by atoms with Gasteiger partial charge in [0, 0.05) is 29.9 Å². The summed E-state index contributed by atoms with van der Waals surface area (Å²) in [5.41, 5.74) is 3.96. The topological polar surface area (TPSA) is 77.3 Å². The number of morpholine rings is 1. The Morgan fingerprint density at radius 3 is 2.64 bits per heavy atom. The molecule has 1 aliphatic carbocycles. The van der Waals surface area contributed by atoms with Crippen molar-refractivity contribution in [1.29, 1.82) is 0 Å². The molecule has 0 spiro atoms. The molecular weight excluding hydrogens is 488 g/mol. The molecule has 39 heavy (non-hydrogen) atoms. The van der Waals surface area contributed by atoms with Gasteiger partial charge in [0.25, 0.3) is 0 Å². The third kappa shape index (κ3) is 4.76. The Morgan fingerprint density at radius 1 is 0.897 bits per heavy atom. The third-order valence-electron chi connectivity index (χ3n) is 7.98. The van der Waals surface area contributed by atoms with Crippen LogP contribution < -0.4 is 15.0 Å². The summed E-state index contributed by atoms with van der Waals surface area (Å²) >= 11 is 0. The molecule has 198 valence electrons. The predicted molar refractivity (Wildman–Crippen MR) is 153 cm³/mol. The fourth-order valence-corrected chi connectivity index (χ4v) is 6.07. The summed E-state index contributed by atoms with van der Waals surface area (Å²) in [4.78, 5) is 15.8. The molecule has 3 atom stereocenters. The number of hydrogen-bond acceptors (Lipinski definition) is 7. The van der Waals surface area contributed by atoms with E-state index in [4.69, 9.17) is 9.47 Å². The van der Waals surface area contributed by atoms with Gasteiger partial charge in [-0.1, -0.05) is 36.4 Å². The molecule has 2 fully saturated rings. The van der Waals surface area contributed by atoms with E-state index >= 15 is 0 Å². The van der Waals surface area contributed by atoms with Crippen molar-refractivity contribution in [1.82, 2.24) is 19.5 Å². The van der Waals surface area contributed by atoms with Crippen LogP contribution in [0.5, 0.6) is 5.75 Å². The number of hydrogen-bond donors (Lipinski definition) is 1. The summed E-state index contributed by atoms with van der Waals surface area (Å²) in [6, 6.07) is 23.6. The van der Waals surface area contributed by atoms with E-state index in [0.717, 1.165) is 73.6 Å². The summed E-state index contributed by atoms with van der Waals surface area (Å²) < 4.78 is 14.6. The minimum Gasteiger partial charge on any atom is -0.488 e. The minimum absolute atomic E-state index is 0.00321. The van der Waals surface area contributed by atoms with Gasteiger partial charge in [0.05, 0.1) is 37.8 Å². The summed E-state index contributed by atoms with van der Waals surface area (Å²) in [6.45, 7) is 3.43. The second-order valence-corrected chi connectivity index (χ2v) is 10.3. The molecule has 2 aromatic heterocycles. The second-order valence-electron chi connectivity index (χ2n) is 10.3. The summed E-state index contributed by atoms with van der Waals surface area (Å²) in [5, 5.41) is 6.16. The quantitative estimate of drug-likeness (QED) is 0.318. The average Bonchev–Trinajstić information content (AvgIpc) is 3.42. The van der Waals surface area contributed by atoms with E-state index in [1.807, 2.05) is 6.33 Å². The molecule has 3 aromatic carbocycles. The lowest BCUT2D eigenvalue weighted by Gasteiger charge is -2.40. The van der Waals surface area contributed by atoms with Crippen molar-refractivity contribution in [2.24, 2.45) is 0 Å². The minimum atomic E-state index is -0.0537. The Bertz CT molecular complexity index is 1560. The molecule has 3 heterocycles. The zero-order chi connectivity index (χ0) is 26.0. The van der Waals surface area contributed by atoms with Crippen molar-refractivity contribution in [3.8, 4) is 5.75 Å². The number of nitrogens with one attached hydrogen (secondary N) is 1. The van der Waals surface area contributed by atoms with Crippen LogP contribution in [0.2, 0.25) is 0 Å². The van der Waals surface area contributed by atoms with Crippen molar-refractivity contribution in [2.45, 2.75) is 37.5 Å². The maximum Gasteiger partial charge on any atom is 0.163 e. The maximum atomic E-state index is 6.87. The molecule has 8 nitrogen and oxygen atoms in total. The number of fused-ring (bicyclic) bond motifs is 2. The smallest absolute Gasteiger partial charge is 0.163 e. The molecule has 1 saturated heterocycles. The van der Waals surface area contributed by atoms with Crippen molar-refractivity contribution in [2.75, 3.05) is 36.5 Å². The number of ether oxygens (including phenoxy) is 2. The molecule has 1 N–H and O–H groups in total. The summed E-state index contributed by atoms with van der Waals surface area (Å²) in [7, 11) is 0. The molecule has 3 unspecified atom stereocenters. The van der Waals surface area contributed by atoms with Crippen LogP contribution in [0.1, 0.15) is 25.3 Å². The van der Waals surface area contributed by atoms with Gasteiger partial charge in [-0.3, -0.25) is 0 Å². The van der Waals surface area contributed by atoms with Gasteiger partial charge in [-0.2, -0.15) is 0 Å². The highest BCUT2D eigenvalue weighted by Crippen LogP contribution is 2.37. The summed E-state index contributed by atoms with van der Waals surface area (Å²) in [6.07, 6.45) is 8.25. The molecule has 0 radical (unpaired) electrons. The molecule has 1 aliphatic heterocycles. The highest BCUT2D eigenvalue weighted by atomic mass is 16.5. The summed E-state index contributed by atoms with van der Waals surface area (Å²) in [5.74, 6) is 0.915. The Hall–Kier alpha value is -4.17. The number of anilines is 2. The van der Waals surface area contributed by atoms with Crippen molar-refractivity contribution < 1.29 is 9.47 Å². The van der Waals surface area contributed by atoms with Crippen LogP contribution in [0.15, 0.2) is 85.6 Å². The fourth-order valence-electron chi connectivity index (χ4n) is 6.07. The molecule has 8 heteroatoms. The van der Waals surface area contributed by atoms with Crippen LogP contribution in [-0.4, -0.2) is 58.0 Å². The van der Waals surface area contributed by atoms with E-state index in [9.17, 15) is 0 Å². The van der Waals surface area contributed by atoms with Crippen molar-refractivity contribution in [3.63, 3.8) is 0 Å². The van der Waals surface area contributed by atoms with E-state index < -0.39 is 0 Å². The van der Waals surface area contributed by atoms with Crippen LogP contribution in [0, 0.1) is 0 Å². The first-order valence-electron chi connectivity index (χ1n) is 13.8. The normalized spacial score (nSPS) is 21.7. The number of imidazole rings is 1. The number of aromatic nitrogens is 4. The largest absolute Gasteiger partial charge is 0.488 e. The average molecular weight is 521 g/mol. The van der Waals surface area contributed by atoms with E-state index in [1.54, 1.807) is 12.5 Å². The molecule has 1 saturated carbocycles. The van der Waals surface area contributed by atoms with Crippen LogP contribution in [0.25, 0.3) is 21.9 Å². The van der Waals surface area contributed by atoms with Gasteiger partial charge in [-0.25, -0.2) is 15.0 Å². The van der Waals surface area contributed by atoms with Crippen molar-refractivity contribution >= 4 is 33.3 Å². The van der Waals surface area contributed by atoms with Crippen LogP contribution in [-0.2, 0) is 4.74 Å². The van der Waals surface area contributed by atoms with Gasteiger partial charge >= 0.3 is 0 Å². The first kappa shape index (κ1) is 23.9. The standard InChI is InChI=1S/C31H32N6O2/c1-2-7-25-22(5-1)6-3-9-28(25)39-29-10-4-8-26(30(29)37-21-34-27-19-32-20-33-31(27)37)35-23-11-13-24(14-12-23)36-15-17-38-18-16-36/h1-3,5-7,9,11-14,19-21,26,29-30,35H,4,8,10,15-18H2. The lowest BCUT2D eigenvalue weighted by atomic mass is 9.87. The van der Waals surface area contributed by atoms with Crippen LogP contribution >= 0.6 is 0 Å². The van der Waals surface area contributed by atoms with Gasteiger partial charge in [-0.05, 0) is 55.0 Å². The molecule has 0 bridgehead atoms. The lowest BCUT2D eigenvalue weighted by molar-refractivity contribution is 0.0927. The lowest BCUT2D eigenvalue weighted by Crippen LogP contribution is -2.45. The van der Waals surface area contributed by atoms with Crippen LogP contribution in [0.3, 0.4) is 0 Å². The van der Waals surface area contributed by atoms with E-state index in [-0.39, 0.29) is 18.2 Å². The SMILES string of the molecule is c1ccc2c(OC3CCCC(Nc4ccc(N5CCOCC5)cc4)C3n3cnc4cncnc43)cccc2c1. The Morgan fingerprint density at radius 2 is 1.74 bits per heavy atom. The molecular formula is C31H32N6O2. The first-order chi connectivity index (χ1) is 19.3. The van der Waals surface area contributed by atoms with E-state index in [2.05, 4.69) is 96.5 Å². The Kier molecular flexibility index (Phi) is 6.46. The maximum absolute atomic E-state index is 6.87. The predicted octanol–water partition coefficient (Wildman–Crippen LogP) is 5.47. The first-order valence-corrected chi connectivity index (χ1v) is 13.8. The molecule has 2 aliphatic rings. The Labute approximate surface area is 227 Å². The fraction of sp³-hybridized carbons (Fsp3) is 0.323. The van der Waals surface area contributed by atoms with Crippen LogP contribution in [0.4, 0.5) is 11.4 Å². The highest BCUT2D eigenvalue weighted by Gasteiger charge is 2.37. The van der Waals surface area contributed by atoms with Gasteiger partial charge < -0.3 is 24.3 Å². The highest BCUT2D eigenvalue weighted by molar-refractivity contribution is 5.88. The van der Waals surface area contributed by atoms with Gasteiger partial charge in [-0.15, -0.1) is 0 Å². The molecule has 7 rings (SSSR count). The van der Waals surface area contributed by atoms with Gasteiger partial charge in [0.15, 0.2) is 5.65 Å². The van der Waals surface area contributed by atoms with E-state index in [0.29, 0.717) is 0 Å². The number of nitrogens with zero attached hydrogens (tertiary/aromatic N) is 5. The monoisotopic (exact) mass is 520 g/mol. The Balaban J connectivity index is 1.21. The molecule has 5 aromatic rings. The van der Waals surface area contributed by atoms with Crippen molar-refractivity contribution in [3.05, 3.63) is 85.6 Å². The van der Waals surface area contributed by atoms with Gasteiger partial charge in [0.2, 0.25) is 0 Å². The zero-order valence-electron chi connectivity index (χ0n) is 21.8. The second kappa shape index (κ2) is 10.5. The van der Waals surface area contributed by atoms with Gasteiger partial charge in [0.1, 0.15) is 23.7 Å².